The van der Waals surface area contributed by atoms with Crippen LogP contribution in [0.3, 0.4) is 0 Å². The summed E-state index contributed by atoms with van der Waals surface area (Å²) in [5, 5.41) is 19.3. The summed E-state index contributed by atoms with van der Waals surface area (Å²) in [7, 11) is 0. The SMILES string of the molecule is CCn1c(C(N)C(=O)O)cc2c(O)cccc21. The Morgan fingerprint density at radius 2 is 2.24 bits per heavy atom. The Morgan fingerprint density at radius 1 is 1.53 bits per heavy atom. The molecule has 2 aromatic rings. The van der Waals surface area contributed by atoms with E-state index in [1.165, 1.54) is 0 Å². The molecular formula is C12H14N2O3. The van der Waals surface area contributed by atoms with Crippen molar-refractivity contribution < 1.29 is 15.0 Å². The van der Waals surface area contributed by atoms with E-state index in [0.717, 1.165) is 5.52 Å². The van der Waals surface area contributed by atoms with Crippen LogP contribution < -0.4 is 5.73 Å². The van der Waals surface area contributed by atoms with Crippen LogP contribution in [0, 0.1) is 0 Å². The smallest absolute Gasteiger partial charge is 0.326 e. The minimum Gasteiger partial charge on any atom is -0.507 e. The van der Waals surface area contributed by atoms with Gasteiger partial charge in [-0.1, -0.05) is 6.07 Å². The van der Waals surface area contributed by atoms with Gasteiger partial charge < -0.3 is 20.5 Å². The molecule has 90 valence electrons. The fraction of sp³-hybridized carbons (Fsp3) is 0.250. The average molecular weight is 234 g/mol. The van der Waals surface area contributed by atoms with E-state index in [9.17, 15) is 9.90 Å². The Labute approximate surface area is 98.1 Å². The molecule has 1 atom stereocenters. The van der Waals surface area contributed by atoms with Gasteiger partial charge in [-0.3, -0.25) is 4.79 Å². The van der Waals surface area contributed by atoms with E-state index in [0.29, 0.717) is 17.6 Å². The highest BCUT2D eigenvalue weighted by Crippen LogP contribution is 2.30. The first-order chi connectivity index (χ1) is 8.06. The normalized spacial score (nSPS) is 12.8. The molecule has 1 heterocycles. The zero-order valence-electron chi connectivity index (χ0n) is 9.42. The number of aromatic hydroxyl groups is 1. The highest BCUT2D eigenvalue weighted by Gasteiger charge is 2.20. The Morgan fingerprint density at radius 3 is 2.82 bits per heavy atom. The Hall–Kier alpha value is -2.01. The summed E-state index contributed by atoms with van der Waals surface area (Å²) in [6, 6.07) is 5.67. The van der Waals surface area contributed by atoms with Crippen molar-refractivity contribution in [1.82, 2.24) is 4.57 Å². The van der Waals surface area contributed by atoms with E-state index in [1.54, 1.807) is 22.8 Å². The summed E-state index contributed by atoms with van der Waals surface area (Å²) in [6.45, 7) is 2.50. The molecule has 5 nitrogen and oxygen atoms in total. The zero-order chi connectivity index (χ0) is 12.6. The van der Waals surface area contributed by atoms with Crippen molar-refractivity contribution in [2.45, 2.75) is 19.5 Å². The lowest BCUT2D eigenvalue weighted by Crippen LogP contribution is -2.23. The monoisotopic (exact) mass is 234 g/mol. The van der Waals surface area contributed by atoms with Crippen molar-refractivity contribution in [3.8, 4) is 5.75 Å². The molecule has 17 heavy (non-hydrogen) atoms. The van der Waals surface area contributed by atoms with Crippen molar-refractivity contribution >= 4 is 16.9 Å². The molecule has 4 N–H and O–H groups in total. The van der Waals surface area contributed by atoms with Crippen LogP contribution in [0.2, 0.25) is 0 Å². The number of aryl methyl sites for hydroxylation is 1. The van der Waals surface area contributed by atoms with Crippen LogP contribution in [0.5, 0.6) is 5.75 Å². The van der Waals surface area contributed by atoms with Crippen LogP contribution >= 0.6 is 0 Å². The maximum absolute atomic E-state index is 10.9. The van der Waals surface area contributed by atoms with E-state index < -0.39 is 12.0 Å². The van der Waals surface area contributed by atoms with Gasteiger partial charge in [0.15, 0.2) is 0 Å². The number of hydrogen-bond donors (Lipinski definition) is 3. The van der Waals surface area contributed by atoms with Crippen LogP contribution in [0.1, 0.15) is 18.7 Å². The number of nitrogens with zero attached hydrogens (tertiary/aromatic N) is 1. The summed E-state index contributed by atoms with van der Waals surface area (Å²) in [4.78, 5) is 10.9. The van der Waals surface area contributed by atoms with Gasteiger partial charge in [0.2, 0.25) is 0 Å². The van der Waals surface area contributed by atoms with Crippen molar-refractivity contribution in [3.05, 3.63) is 30.0 Å². The van der Waals surface area contributed by atoms with Crippen LogP contribution in [0.25, 0.3) is 10.9 Å². The van der Waals surface area contributed by atoms with Gasteiger partial charge in [0.25, 0.3) is 0 Å². The number of carbonyl (C=O) groups is 1. The number of rotatable bonds is 3. The maximum atomic E-state index is 10.9. The first-order valence-corrected chi connectivity index (χ1v) is 5.35. The van der Waals surface area contributed by atoms with Gasteiger partial charge >= 0.3 is 5.97 Å². The zero-order valence-corrected chi connectivity index (χ0v) is 9.42. The average Bonchev–Trinajstić information content (AvgIpc) is 2.67. The van der Waals surface area contributed by atoms with Gasteiger partial charge in [-0.2, -0.15) is 0 Å². The second kappa shape index (κ2) is 4.10. The standard InChI is InChI=1S/C12H14N2O3/c1-2-14-8-4-3-5-10(15)7(8)6-9(14)11(13)12(16)17/h3-6,11,15H,2,13H2,1H3,(H,16,17). The molecule has 0 aliphatic carbocycles. The number of carboxylic acid groups (broad SMARTS) is 1. The number of hydrogen-bond acceptors (Lipinski definition) is 3. The van der Waals surface area contributed by atoms with Gasteiger partial charge in [-0.25, -0.2) is 0 Å². The summed E-state index contributed by atoms with van der Waals surface area (Å²) in [5.41, 5.74) is 6.91. The molecule has 0 saturated carbocycles. The number of carboxylic acids is 1. The van der Waals surface area contributed by atoms with Gasteiger partial charge in [0, 0.05) is 17.6 Å². The van der Waals surface area contributed by atoms with E-state index in [-0.39, 0.29) is 5.75 Å². The number of nitrogens with two attached hydrogens (primary N) is 1. The summed E-state index contributed by atoms with van der Waals surface area (Å²) < 4.78 is 1.80. The molecule has 0 aliphatic rings. The van der Waals surface area contributed by atoms with Crippen LogP contribution in [0.4, 0.5) is 0 Å². The topological polar surface area (TPSA) is 88.5 Å². The summed E-state index contributed by atoms with van der Waals surface area (Å²) in [5.74, 6) is -0.949. The predicted molar refractivity (Wildman–Crippen MR) is 63.8 cm³/mol. The van der Waals surface area contributed by atoms with E-state index in [4.69, 9.17) is 10.8 Å². The second-order valence-electron chi connectivity index (χ2n) is 3.84. The lowest BCUT2D eigenvalue weighted by atomic mass is 10.2. The summed E-state index contributed by atoms with van der Waals surface area (Å²) in [6.07, 6.45) is 0. The molecule has 0 bridgehead atoms. The predicted octanol–water partition coefficient (Wildman–Crippen LogP) is 1.45. The van der Waals surface area contributed by atoms with Crippen molar-refractivity contribution in [3.63, 3.8) is 0 Å². The number of fused-ring (bicyclic) bond motifs is 1. The first kappa shape index (κ1) is 11.5. The van der Waals surface area contributed by atoms with Gasteiger partial charge in [0.1, 0.15) is 11.8 Å². The van der Waals surface area contributed by atoms with Crippen molar-refractivity contribution in [2.24, 2.45) is 5.73 Å². The van der Waals surface area contributed by atoms with Crippen LogP contribution in [-0.2, 0) is 11.3 Å². The molecule has 1 unspecified atom stereocenters. The molecule has 5 heteroatoms. The van der Waals surface area contributed by atoms with Crippen LogP contribution in [-0.4, -0.2) is 20.7 Å². The highest BCUT2D eigenvalue weighted by atomic mass is 16.4. The fourth-order valence-corrected chi connectivity index (χ4v) is 2.03. The van der Waals surface area contributed by atoms with Crippen LogP contribution in [0.15, 0.2) is 24.3 Å². The number of phenols is 1. The molecule has 1 aromatic heterocycles. The minimum atomic E-state index is -1.08. The maximum Gasteiger partial charge on any atom is 0.326 e. The van der Waals surface area contributed by atoms with E-state index >= 15 is 0 Å². The third kappa shape index (κ3) is 1.74. The molecule has 0 fully saturated rings. The number of aliphatic carboxylic acids is 1. The molecule has 2 rings (SSSR count). The Balaban J connectivity index is 2.72. The van der Waals surface area contributed by atoms with Crippen molar-refractivity contribution in [1.29, 1.82) is 0 Å². The van der Waals surface area contributed by atoms with E-state index in [2.05, 4.69) is 0 Å². The Kier molecular flexibility index (Phi) is 2.77. The number of aromatic nitrogens is 1. The largest absolute Gasteiger partial charge is 0.507 e. The second-order valence-corrected chi connectivity index (χ2v) is 3.84. The van der Waals surface area contributed by atoms with Gasteiger partial charge in [-0.15, -0.1) is 0 Å². The quantitative estimate of drug-likeness (QED) is 0.750. The molecule has 0 radical (unpaired) electrons. The lowest BCUT2D eigenvalue weighted by Gasteiger charge is -2.10. The van der Waals surface area contributed by atoms with Gasteiger partial charge in [-0.05, 0) is 25.1 Å². The first-order valence-electron chi connectivity index (χ1n) is 5.35. The molecule has 1 aromatic carbocycles. The number of phenolic OH excluding ortho intramolecular Hbond substituents is 1. The van der Waals surface area contributed by atoms with Gasteiger partial charge in [0.05, 0.1) is 5.52 Å². The number of benzene rings is 1. The summed E-state index contributed by atoms with van der Waals surface area (Å²) >= 11 is 0. The Bertz CT molecular complexity index is 574. The molecule has 0 spiro atoms. The molecule has 0 aliphatic heterocycles. The third-order valence-electron chi connectivity index (χ3n) is 2.86. The molecular weight excluding hydrogens is 220 g/mol. The minimum absolute atomic E-state index is 0.133. The van der Waals surface area contributed by atoms with E-state index in [1.807, 2.05) is 13.0 Å². The molecule has 0 saturated heterocycles. The van der Waals surface area contributed by atoms with Crippen molar-refractivity contribution in [2.75, 3.05) is 0 Å². The third-order valence-corrected chi connectivity index (χ3v) is 2.86. The lowest BCUT2D eigenvalue weighted by molar-refractivity contribution is -0.138. The fourth-order valence-electron chi connectivity index (χ4n) is 2.03. The molecule has 0 amide bonds. The highest BCUT2D eigenvalue weighted by molar-refractivity contribution is 5.89.